The van der Waals surface area contributed by atoms with E-state index in [1.807, 2.05) is 17.0 Å². The summed E-state index contributed by atoms with van der Waals surface area (Å²) in [6, 6.07) is 7.02. The number of hydrogen-bond donors (Lipinski definition) is 0. The van der Waals surface area contributed by atoms with Gasteiger partial charge in [0.25, 0.3) is 0 Å². The van der Waals surface area contributed by atoms with E-state index in [9.17, 15) is 13.2 Å². The molecule has 8 heteroatoms. The molecule has 1 aromatic carbocycles. The van der Waals surface area contributed by atoms with Gasteiger partial charge in [-0.1, -0.05) is 26.0 Å². The van der Waals surface area contributed by atoms with Crippen LogP contribution in [0.4, 0.5) is 0 Å². The van der Waals surface area contributed by atoms with E-state index in [4.69, 9.17) is 4.74 Å². The van der Waals surface area contributed by atoms with Gasteiger partial charge in [-0.3, -0.25) is 9.69 Å². The summed E-state index contributed by atoms with van der Waals surface area (Å²) in [6.45, 7) is 6.27. The molecule has 27 heavy (non-hydrogen) atoms. The van der Waals surface area contributed by atoms with E-state index in [0.717, 1.165) is 5.56 Å². The summed E-state index contributed by atoms with van der Waals surface area (Å²) >= 11 is 0. The van der Waals surface area contributed by atoms with Gasteiger partial charge in [-0.05, 0) is 23.6 Å². The summed E-state index contributed by atoms with van der Waals surface area (Å²) in [6.07, 6.45) is -0.196. The van der Waals surface area contributed by atoms with E-state index < -0.39 is 10.0 Å². The van der Waals surface area contributed by atoms with Crippen molar-refractivity contribution in [2.24, 2.45) is 0 Å². The van der Waals surface area contributed by atoms with Crippen LogP contribution in [0.2, 0.25) is 0 Å². The molecule has 0 saturated carbocycles. The molecule has 0 unspecified atom stereocenters. The summed E-state index contributed by atoms with van der Waals surface area (Å²) < 4.78 is 33.5. The monoisotopic (exact) mass is 395 g/mol. The Bertz CT molecular complexity index is 777. The first kappa shape index (κ1) is 20.3. The van der Waals surface area contributed by atoms with Crippen molar-refractivity contribution in [3.05, 3.63) is 29.8 Å². The van der Waals surface area contributed by atoms with Crippen LogP contribution in [0.3, 0.4) is 0 Å². The number of fused-ring (bicyclic) bond motifs is 1. The number of hydrogen-bond acceptors (Lipinski definition) is 5. The average molecular weight is 396 g/mol. The molecular weight excluding hydrogens is 366 g/mol. The summed E-state index contributed by atoms with van der Waals surface area (Å²) in [4.78, 5) is 16.0. The van der Waals surface area contributed by atoms with Crippen LogP contribution >= 0.6 is 0 Å². The summed E-state index contributed by atoms with van der Waals surface area (Å²) in [5.41, 5.74) is 1.11. The van der Waals surface area contributed by atoms with Crippen LogP contribution in [0, 0.1) is 0 Å². The molecule has 0 aliphatic carbocycles. The van der Waals surface area contributed by atoms with Crippen LogP contribution in [-0.2, 0) is 19.6 Å². The Kier molecular flexibility index (Phi) is 5.90. The third-order valence-electron chi connectivity index (χ3n) is 5.40. The van der Waals surface area contributed by atoms with E-state index in [2.05, 4.69) is 13.8 Å². The molecule has 0 spiro atoms. The minimum absolute atomic E-state index is 0.0150. The molecule has 3 rings (SSSR count). The van der Waals surface area contributed by atoms with Crippen LogP contribution < -0.4 is 0 Å². The topological polar surface area (TPSA) is 70.2 Å². The minimum atomic E-state index is -3.58. The van der Waals surface area contributed by atoms with Crippen molar-refractivity contribution < 1.29 is 17.9 Å². The van der Waals surface area contributed by atoms with E-state index in [1.165, 1.54) is 4.31 Å². The van der Waals surface area contributed by atoms with Crippen LogP contribution in [-0.4, -0.2) is 87.5 Å². The highest BCUT2D eigenvalue weighted by Gasteiger charge is 2.45. The Morgan fingerprint density at radius 3 is 2.48 bits per heavy atom. The van der Waals surface area contributed by atoms with Crippen molar-refractivity contribution in [3.8, 4) is 0 Å². The maximum absolute atomic E-state index is 13.1. The highest BCUT2D eigenvalue weighted by molar-refractivity contribution is 7.89. The third kappa shape index (κ3) is 4.18. The van der Waals surface area contributed by atoms with Crippen LogP contribution in [0.25, 0.3) is 0 Å². The van der Waals surface area contributed by atoms with E-state index in [-0.39, 0.29) is 24.6 Å². The van der Waals surface area contributed by atoms with Gasteiger partial charge < -0.3 is 9.64 Å². The fourth-order valence-corrected chi connectivity index (χ4v) is 5.08. The molecular formula is C19H29N3O4S. The normalized spacial score (nSPS) is 24.2. The summed E-state index contributed by atoms with van der Waals surface area (Å²) in [5.74, 6) is 0.369. The van der Waals surface area contributed by atoms with Gasteiger partial charge in [0.2, 0.25) is 15.9 Å². The van der Waals surface area contributed by atoms with Gasteiger partial charge in [0.15, 0.2) is 0 Å². The van der Waals surface area contributed by atoms with Crippen LogP contribution in [0.1, 0.15) is 25.3 Å². The maximum atomic E-state index is 13.1. The number of benzene rings is 1. The Morgan fingerprint density at radius 2 is 1.89 bits per heavy atom. The van der Waals surface area contributed by atoms with Crippen molar-refractivity contribution in [1.82, 2.24) is 14.1 Å². The summed E-state index contributed by atoms with van der Waals surface area (Å²) in [5, 5.41) is 0. The van der Waals surface area contributed by atoms with Gasteiger partial charge in [-0.25, -0.2) is 8.42 Å². The lowest BCUT2D eigenvalue weighted by atomic mass is 10.0. The zero-order valence-electron chi connectivity index (χ0n) is 16.5. The molecule has 7 nitrogen and oxygen atoms in total. The molecule has 0 radical (unpaired) electrons. The smallest absolute Gasteiger partial charge is 0.243 e. The fourth-order valence-electron chi connectivity index (χ4n) is 3.61. The van der Waals surface area contributed by atoms with Crippen molar-refractivity contribution in [1.29, 1.82) is 0 Å². The number of carbonyl (C=O) groups is 1. The van der Waals surface area contributed by atoms with Gasteiger partial charge in [0.1, 0.15) is 0 Å². The highest BCUT2D eigenvalue weighted by Crippen LogP contribution is 2.28. The van der Waals surface area contributed by atoms with Gasteiger partial charge in [0.05, 0.1) is 30.2 Å². The average Bonchev–Trinajstić information content (AvgIpc) is 3.08. The number of rotatable bonds is 5. The van der Waals surface area contributed by atoms with E-state index in [1.54, 1.807) is 31.1 Å². The Labute approximate surface area is 161 Å². The SMILES string of the molecule is CC(C)c1ccc(S(=O)(=O)N2C[C@@H]3OCCN(CC(=O)N(C)C)[C@@H]3C2)cc1. The standard InChI is InChI=1S/C19H29N3O4S/c1-14(2)15-5-7-16(8-6-15)27(24,25)22-11-17-18(12-22)26-10-9-21(17)13-19(23)20(3)4/h5-8,14,17-18H,9-13H2,1-4H3/t17-,18+/m1/s1. The lowest BCUT2D eigenvalue weighted by Gasteiger charge is -2.36. The number of likely N-dealkylation sites (N-methyl/N-ethyl adjacent to an activating group) is 1. The second-order valence-electron chi connectivity index (χ2n) is 7.78. The molecule has 2 heterocycles. The number of amides is 1. The maximum Gasteiger partial charge on any atom is 0.243 e. The Hall–Kier alpha value is -1.48. The first-order valence-corrected chi connectivity index (χ1v) is 10.8. The van der Waals surface area contributed by atoms with Gasteiger partial charge in [-0.2, -0.15) is 4.31 Å². The quantitative estimate of drug-likeness (QED) is 0.743. The summed E-state index contributed by atoms with van der Waals surface area (Å²) in [7, 11) is -0.119. The Balaban J connectivity index is 1.75. The largest absolute Gasteiger partial charge is 0.374 e. The van der Waals surface area contributed by atoms with Gasteiger partial charge in [-0.15, -0.1) is 0 Å². The molecule has 2 aliphatic heterocycles. The lowest BCUT2D eigenvalue weighted by molar-refractivity contribution is -0.133. The second-order valence-corrected chi connectivity index (χ2v) is 9.72. The molecule has 0 bridgehead atoms. The van der Waals surface area contributed by atoms with Crippen molar-refractivity contribution >= 4 is 15.9 Å². The molecule has 2 atom stereocenters. The lowest BCUT2D eigenvalue weighted by Crippen LogP contribution is -2.53. The van der Waals surface area contributed by atoms with Crippen molar-refractivity contribution in [2.45, 2.75) is 36.8 Å². The first-order valence-electron chi connectivity index (χ1n) is 9.36. The molecule has 2 aliphatic rings. The minimum Gasteiger partial charge on any atom is -0.374 e. The zero-order valence-corrected chi connectivity index (χ0v) is 17.3. The van der Waals surface area contributed by atoms with Gasteiger partial charge in [0, 0.05) is 33.7 Å². The van der Waals surface area contributed by atoms with E-state index >= 15 is 0 Å². The number of carbonyl (C=O) groups excluding carboxylic acids is 1. The predicted molar refractivity (Wildman–Crippen MR) is 103 cm³/mol. The number of sulfonamides is 1. The molecule has 2 fully saturated rings. The van der Waals surface area contributed by atoms with Crippen molar-refractivity contribution in [2.75, 3.05) is 46.9 Å². The zero-order chi connectivity index (χ0) is 19.8. The first-order chi connectivity index (χ1) is 12.7. The fraction of sp³-hybridized carbons (Fsp3) is 0.632. The number of nitrogens with zero attached hydrogens (tertiary/aromatic N) is 3. The molecule has 150 valence electrons. The molecule has 0 aromatic heterocycles. The number of ether oxygens (including phenoxy) is 1. The van der Waals surface area contributed by atoms with Gasteiger partial charge >= 0.3 is 0 Å². The van der Waals surface area contributed by atoms with Crippen LogP contribution in [0.15, 0.2) is 29.2 Å². The molecule has 0 N–H and O–H groups in total. The molecule has 2 saturated heterocycles. The highest BCUT2D eigenvalue weighted by atomic mass is 32.2. The third-order valence-corrected chi connectivity index (χ3v) is 7.25. The Morgan fingerprint density at radius 1 is 1.22 bits per heavy atom. The second kappa shape index (κ2) is 7.87. The number of morpholine rings is 1. The van der Waals surface area contributed by atoms with Crippen LogP contribution in [0.5, 0.6) is 0 Å². The molecule has 1 amide bonds. The molecule has 1 aromatic rings. The van der Waals surface area contributed by atoms with E-state index in [0.29, 0.717) is 37.1 Å². The van der Waals surface area contributed by atoms with Crippen molar-refractivity contribution in [3.63, 3.8) is 0 Å². The predicted octanol–water partition coefficient (Wildman–Crippen LogP) is 0.972.